The zero-order chi connectivity index (χ0) is 10.7. The van der Waals surface area contributed by atoms with E-state index in [0.29, 0.717) is 0 Å². The minimum Gasteiger partial charge on any atom is -0.271 e. The van der Waals surface area contributed by atoms with E-state index in [-0.39, 0.29) is 6.04 Å². The monoisotopic (exact) mass is 218 g/mol. The van der Waals surface area contributed by atoms with Crippen molar-refractivity contribution in [1.29, 1.82) is 0 Å². The van der Waals surface area contributed by atoms with Gasteiger partial charge in [-0.05, 0) is 29.5 Å². The summed E-state index contributed by atoms with van der Waals surface area (Å²) in [6.45, 7) is 2.12. The Morgan fingerprint density at radius 2 is 1.93 bits per heavy atom. The summed E-state index contributed by atoms with van der Waals surface area (Å²) in [6.07, 6.45) is 0. The molecule has 1 unspecified atom stereocenters. The summed E-state index contributed by atoms with van der Waals surface area (Å²) in [5.41, 5.74) is 5.32. The molecule has 0 aliphatic rings. The van der Waals surface area contributed by atoms with Gasteiger partial charge in [-0.25, -0.2) is 5.43 Å². The van der Waals surface area contributed by atoms with Gasteiger partial charge in [-0.1, -0.05) is 30.3 Å². The van der Waals surface area contributed by atoms with Crippen LogP contribution in [0, 0.1) is 6.92 Å². The Morgan fingerprint density at radius 3 is 2.47 bits per heavy atom. The van der Waals surface area contributed by atoms with E-state index in [0.717, 1.165) is 0 Å². The molecule has 0 bridgehead atoms. The van der Waals surface area contributed by atoms with Gasteiger partial charge in [0.1, 0.15) is 0 Å². The van der Waals surface area contributed by atoms with E-state index < -0.39 is 0 Å². The zero-order valence-corrected chi connectivity index (χ0v) is 9.42. The van der Waals surface area contributed by atoms with E-state index in [1.165, 1.54) is 16.0 Å². The number of thiophene rings is 1. The lowest BCUT2D eigenvalue weighted by molar-refractivity contribution is 0.636. The number of nitrogens with two attached hydrogens (primary N) is 1. The predicted molar refractivity (Wildman–Crippen MR) is 64.7 cm³/mol. The first-order chi connectivity index (χ1) is 7.33. The molecule has 2 rings (SSSR count). The lowest BCUT2D eigenvalue weighted by atomic mass is 10.0. The highest BCUT2D eigenvalue weighted by atomic mass is 32.1. The van der Waals surface area contributed by atoms with Crippen molar-refractivity contribution in [3.05, 3.63) is 57.8 Å². The summed E-state index contributed by atoms with van der Waals surface area (Å²) in [7, 11) is 0. The summed E-state index contributed by atoms with van der Waals surface area (Å²) >= 11 is 1.75. The summed E-state index contributed by atoms with van der Waals surface area (Å²) < 4.78 is 0. The maximum absolute atomic E-state index is 5.62. The van der Waals surface area contributed by atoms with Gasteiger partial charge in [0.2, 0.25) is 0 Å². The normalized spacial score (nSPS) is 12.7. The molecule has 1 atom stereocenters. The smallest absolute Gasteiger partial charge is 0.0720 e. The molecule has 78 valence electrons. The third-order valence-corrected chi connectivity index (χ3v) is 3.37. The Morgan fingerprint density at radius 1 is 1.20 bits per heavy atom. The summed E-state index contributed by atoms with van der Waals surface area (Å²) in [6, 6.07) is 12.5. The topological polar surface area (TPSA) is 38.0 Å². The highest BCUT2D eigenvalue weighted by Gasteiger charge is 2.14. The van der Waals surface area contributed by atoms with Gasteiger partial charge in [0, 0.05) is 4.88 Å². The van der Waals surface area contributed by atoms with Crippen LogP contribution < -0.4 is 11.3 Å². The maximum atomic E-state index is 5.62. The molecule has 2 aromatic rings. The highest BCUT2D eigenvalue weighted by Crippen LogP contribution is 2.27. The molecule has 1 heterocycles. The fraction of sp³-hybridized carbons (Fsp3) is 0.167. The molecule has 0 spiro atoms. The van der Waals surface area contributed by atoms with Crippen LogP contribution in [0.3, 0.4) is 0 Å². The lowest BCUT2D eigenvalue weighted by Gasteiger charge is -2.16. The molecular weight excluding hydrogens is 204 g/mol. The van der Waals surface area contributed by atoms with Crippen LogP contribution in [-0.2, 0) is 0 Å². The second-order valence-corrected chi connectivity index (χ2v) is 4.56. The Hall–Kier alpha value is -1.16. The second kappa shape index (κ2) is 4.57. The molecule has 1 aromatic heterocycles. The van der Waals surface area contributed by atoms with Gasteiger partial charge >= 0.3 is 0 Å². The van der Waals surface area contributed by atoms with Gasteiger partial charge in [-0.15, -0.1) is 11.3 Å². The summed E-state index contributed by atoms with van der Waals surface area (Å²) in [5, 5.41) is 2.10. The molecule has 0 fully saturated rings. The van der Waals surface area contributed by atoms with Crippen molar-refractivity contribution in [3.63, 3.8) is 0 Å². The first-order valence-electron chi connectivity index (χ1n) is 4.88. The molecule has 0 radical (unpaired) electrons. The fourth-order valence-corrected chi connectivity index (χ4v) is 2.45. The van der Waals surface area contributed by atoms with Crippen LogP contribution in [0.4, 0.5) is 0 Å². The Balaban J connectivity index is 2.37. The average molecular weight is 218 g/mol. The number of rotatable bonds is 3. The van der Waals surface area contributed by atoms with E-state index >= 15 is 0 Å². The van der Waals surface area contributed by atoms with Crippen molar-refractivity contribution in [2.75, 3.05) is 0 Å². The third kappa shape index (κ3) is 2.09. The van der Waals surface area contributed by atoms with Gasteiger partial charge in [0.25, 0.3) is 0 Å². The van der Waals surface area contributed by atoms with Crippen LogP contribution in [0.15, 0.2) is 41.8 Å². The molecule has 3 heteroatoms. The molecule has 0 aliphatic heterocycles. The van der Waals surface area contributed by atoms with Gasteiger partial charge in [0.05, 0.1) is 6.04 Å². The summed E-state index contributed by atoms with van der Waals surface area (Å²) in [5.74, 6) is 5.62. The van der Waals surface area contributed by atoms with E-state index in [1.54, 1.807) is 11.3 Å². The van der Waals surface area contributed by atoms with Gasteiger partial charge in [-0.3, -0.25) is 5.84 Å². The molecule has 1 aromatic carbocycles. The van der Waals surface area contributed by atoms with Gasteiger partial charge in [-0.2, -0.15) is 0 Å². The van der Waals surface area contributed by atoms with Crippen molar-refractivity contribution in [2.45, 2.75) is 13.0 Å². The molecule has 0 amide bonds. The van der Waals surface area contributed by atoms with Crippen molar-refractivity contribution in [1.82, 2.24) is 5.43 Å². The molecule has 0 saturated carbocycles. The standard InChI is InChI=1S/C12H14N2S/c1-9-11(7-8-15-9)12(14-13)10-5-3-2-4-6-10/h2-8,12,14H,13H2,1H3. The Bertz CT molecular complexity index is 422. The molecule has 2 nitrogen and oxygen atoms in total. The zero-order valence-electron chi connectivity index (χ0n) is 8.60. The minimum absolute atomic E-state index is 0.0949. The molecule has 0 saturated heterocycles. The minimum atomic E-state index is 0.0949. The van der Waals surface area contributed by atoms with Crippen LogP contribution in [0.2, 0.25) is 0 Å². The second-order valence-electron chi connectivity index (χ2n) is 3.44. The highest BCUT2D eigenvalue weighted by molar-refractivity contribution is 7.10. The molecule has 3 N–H and O–H groups in total. The van der Waals surface area contributed by atoms with E-state index in [4.69, 9.17) is 5.84 Å². The number of hydrazine groups is 1. The summed E-state index contributed by atoms with van der Waals surface area (Å²) in [4.78, 5) is 1.31. The number of nitrogens with one attached hydrogen (secondary N) is 1. The molecular formula is C12H14N2S. The van der Waals surface area contributed by atoms with Crippen molar-refractivity contribution in [2.24, 2.45) is 5.84 Å². The Kier molecular flexibility index (Phi) is 3.16. The van der Waals surface area contributed by atoms with E-state index in [1.807, 2.05) is 18.2 Å². The molecule has 0 aliphatic carbocycles. The quantitative estimate of drug-likeness (QED) is 0.614. The Labute approximate surface area is 93.7 Å². The van der Waals surface area contributed by atoms with Crippen LogP contribution in [0.25, 0.3) is 0 Å². The number of aryl methyl sites for hydroxylation is 1. The SMILES string of the molecule is Cc1sccc1C(NN)c1ccccc1. The van der Waals surface area contributed by atoms with Crippen LogP contribution in [0.1, 0.15) is 22.0 Å². The number of hydrogen-bond donors (Lipinski definition) is 2. The largest absolute Gasteiger partial charge is 0.271 e. The molecule has 15 heavy (non-hydrogen) atoms. The van der Waals surface area contributed by atoms with Crippen LogP contribution >= 0.6 is 11.3 Å². The van der Waals surface area contributed by atoms with Gasteiger partial charge < -0.3 is 0 Å². The van der Waals surface area contributed by atoms with Crippen LogP contribution in [-0.4, -0.2) is 0 Å². The van der Waals surface area contributed by atoms with E-state index in [2.05, 4.69) is 35.9 Å². The van der Waals surface area contributed by atoms with E-state index in [9.17, 15) is 0 Å². The van der Waals surface area contributed by atoms with Crippen molar-refractivity contribution < 1.29 is 0 Å². The van der Waals surface area contributed by atoms with Crippen molar-refractivity contribution >= 4 is 11.3 Å². The first-order valence-corrected chi connectivity index (χ1v) is 5.76. The van der Waals surface area contributed by atoms with Crippen LogP contribution in [0.5, 0.6) is 0 Å². The first kappa shape index (κ1) is 10.4. The third-order valence-electron chi connectivity index (χ3n) is 2.51. The lowest BCUT2D eigenvalue weighted by Crippen LogP contribution is -2.28. The maximum Gasteiger partial charge on any atom is 0.0720 e. The number of benzene rings is 1. The van der Waals surface area contributed by atoms with Gasteiger partial charge in [0.15, 0.2) is 0 Å². The average Bonchev–Trinajstić information content (AvgIpc) is 2.68. The fourth-order valence-electron chi connectivity index (χ4n) is 1.71. The predicted octanol–water partition coefficient (Wildman–Crippen LogP) is 2.61. The van der Waals surface area contributed by atoms with Crippen molar-refractivity contribution in [3.8, 4) is 0 Å². The number of hydrogen-bond acceptors (Lipinski definition) is 3.